The number of carboxylic acid groups (broad SMARTS) is 1. The maximum absolute atomic E-state index is 10.7. The summed E-state index contributed by atoms with van der Waals surface area (Å²) in [6.45, 7) is 5.34. The summed E-state index contributed by atoms with van der Waals surface area (Å²) in [5, 5.41) is 8.75. The zero-order valence-electron chi connectivity index (χ0n) is 6.87. The highest BCUT2D eigenvalue weighted by molar-refractivity contribution is 5.90. The Balaban J connectivity index is 3.25. The first-order chi connectivity index (χ1) is 5.65. The lowest BCUT2D eigenvalue weighted by Gasteiger charge is -2.00. The molecule has 0 saturated heterocycles. The molecular weight excluding hydrogens is 152 g/mol. The molecule has 0 spiro atoms. The van der Waals surface area contributed by atoms with Crippen LogP contribution in [0.15, 0.2) is 24.8 Å². The predicted octanol–water partition coefficient (Wildman–Crippen LogP) is 2.34. The number of rotatable bonds is 2. The molecule has 1 rings (SSSR count). The monoisotopic (exact) mass is 162 g/mol. The highest BCUT2D eigenvalue weighted by Crippen LogP contribution is 2.11. The fraction of sp³-hybridized carbons (Fsp3) is 0.100. The molecule has 0 radical (unpaired) electrons. The topological polar surface area (TPSA) is 37.3 Å². The average Bonchev–Trinajstić information content (AvgIpc) is 2.05. The molecule has 1 aromatic rings. The molecule has 62 valence electrons. The molecule has 0 heterocycles. The van der Waals surface area contributed by atoms with Crippen LogP contribution in [0.5, 0.6) is 0 Å². The lowest BCUT2D eigenvalue weighted by molar-refractivity contribution is 0.0696. The SMILES string of the molecule is C=Cc1ccc(C)c(C(=O)O)c1. The number of hydrogen-bond acceptors (Lipinski definition) is 1. The molecule has 0 fully saturated rings. The Morgan fingerprint density at radius 1 is 1.58 bits per heavy atom. The maximum Gasteiger partial charge on any atom is 0.335 e. The van der Waals surface area contributed by atoms with Crippen molar-refractivity contribution in [1.82, 2.24) is 0 Å². The molecule has 2 nitrogen and oxygen atoms in total. The second-order valence-corrected chi connectivity index (χ2v) is 2.58. The molecule has 0 bridgehead atoms. The highest BCUT2D eigenvalue weighted by Gasteiger charge is 2.05. The minimum absolute atomic E-state index is 0.340. The van der Waals surface area contributed by atoms with E-state index < -0.39 is 5.97 Å². The number of carboxylic acids is 1. The summed E-state index contributed by atoms with van der Waals surface area (Å²) < 4.78 is 0. The fourth-order valence-corrected chi connectivity index (χ4v) is 0.997. The lowest BCUT2D eigenvalue weighted by atomic mass is 10.1. The largest absolute Gasteiger partial charge is 0.478 e. The van der Waals surface area contributed by atoms with Crippen molar-refractivity contribution in [3.63, 3.8) is 0 Å². The molecular formula is C10H10O2. The molecule has 0 aliphatic rings. The summed E-state index contributed by atoms with van der Waals surface area (Å²) in [4.78, 5) is 10.7. The van der Waals surface area contributed by atoms with Crippen molar-refractivity contribution in [1.29, 1.82) is 0 Å². The zero-order valence-corrected chi connectivity index (χ0v) is 6.87. The van der Waals surface area contributed by atoms with E-state index in [0.717, 1.165) is 11.1 Å². The van der Waals surface area contributed by atoms with Gasteiger partial charge >= 0.3 is 5.97 Å². The Bertz CT molecular complexity index is 327. The van der Waals surface area contributed by atoms with Gasteiger partial charge in [0.15, 0.2) is 0 Å². The van der Waals surface area contributed by atoms with E-state index in [9.17, 15) is 4.79 Å². The van der Waals surface area contributed by atoms with Crippen molar-refractivity contribution >= 4 is 12.0 Å². The molecule has 1 aromatic carbocycles. The van der Waals surface area contributed by atoms with Crippen LogP contribution in [0.4, 0.5) is 0 Å². The summed E-state index contributed by atoms with van der Waals surface area (Å²) in [6, 6.07) is 5.24. The van der Waals surface area contributed by atoms with Crippen LogP contribution in [0.1, 0.15) is 21.5 Å². The number of hydrogen-bond donors (Lipinski definition) is 1. The van der Waals surface area contributed by atoms with Crippen LogP contribution in [0.2, 0.25) is 0 Å². The summed E-state index contributed by atoms with van der Waals surface area (Å²) in [5.41, 5.74) is 1.94. The van der Waals surface area contributed by atoms with Crippen LogP contribution in [-0.4, -0.2) is 11.1 Å². The van der Waals surface area contributed by atoms with E-state index in [1.807, 2.05) is 6.07 Å². The lowest BCUT2D eigenvalue weighted by Crippen LogP contribution is -1.99. The normalized spacial score (nSPS) is 9.42. The average molecular weight is 162 g/mol. The molecule has 0 amide bonds. The molecule has 1 N–H and O–H groups in total. The van der Waals surface area contributed by atoms with Crippen LogP contribution in [0.25, 0.3) is 6.08 Å². The minimum atomic E-state index is -0.892. The van der Waals surface area contributed by atoms with Gasteiger partial charge in [-0.1, -0.05) is 24.8 Å². The first-order valence-corrected chi connectivity index (χ1v) is 3.61. The van der Waals surface area contributed by atoms with Gasteiger partial charge in [-0.2, -0.15) is 0 Å². The van der Waals surface area contributed by atoms with Crippen LogP contribution in [0.3, 0.4) is 0 Å². The van der Waals surface area contributed by atoms with E-state index >= 15 is 0 Å². The Morgan fingerprint density at radius 2 is 2.25 bits per heavy atom. The maximum atomic E-state index is 10.7. The first kappa shape index (κ1) is 8.53. The Morgan fingerprint density at radius 3 is 2.75 bits per heavy atom. The van der Waals surface area contributed by atoms with Crippen LogP contribution >= 0.6 is 0 Å². The van der Waals surface area contributed by atoms with E-state index in [-0.39, 0.29) is 0 Å². The number of aromatic carboxylic acids is 1. The summed E-state index contributed by atoms with van der Waals surface area (Å²) >= 11 is 0. The predicted molar refractivity (Wildman–Crippen MR) is 48.2 cm³/mol. The first-order valence-electron chi connectivity index (χ1n) is 3.61. The van der Waals surface area contributed by atoms with Crippen LogP contribution in [0, 0.1) is 6.92 Å². The Labute approximate surface area is 71.2 Å². The highest BCUT2D eigenvalue weighted by atomic mass is 16.4. The molecule has 0 aliphatic heterocycles. The van der Waals surface area contributed by atoms with Gasteiger partial charge in [-0.05, 0) is 24.1 Å². The second-order valence-electron chi connectivity index (χ2n) is 2.58. The molecule has 0 aromatic heterocycles. The van der Waals surface area contributed by atoms with Gasteiger partial charge in [-0.3, -0.25) is 0 Å². The Hall–Kier alpha value is -1.57. The van der Waals surface area contributed by atoms with E-state index in [1.54, 1.807) is 25.1 Å². The van der Waals surface area contributed by atoms with Gasteiger partial charge < -0.3 is 5.11 Å². The molecule has 0 aliphatic carbocycles. The third kappa shape index (κ3) is 1.53. The van der Waals surface area contributed by atoms with Gasteiger partial charge in [0.05, 0.1) is 5.56 Å². The van der Waals surface area contributed by atoms with E-state index in [2.05, 4.69) is 6.58 Å². The van der Waals surface area contributed by atoms with Gasteiger partial charge in [-0.15, -0.1) is 0 Å². The van der Waals surface area contributed by atoms with Gasteiger partial charge in [0.25, 0.3) is 0 Å². The van der Waals surface area contributed by atoms with E-state index in [4.69, 9.17) is 5.11 Å². The second kappa shape index (κ2) is 3.22. The van der Waals surface area contributed by atoms with Gasteiger partial charge in [-0.25, -0.2) is 4.79 Å². The molecule has 0 saturated carbocycles. The summed E-state index contributed by atoms with van der Waals surface area (Å²) in [7, 11) is 0. The van der Waals surface area contributed by atoms with E-state index in [0.29, 0.717) is 5.56 Å². The third-order valence-corrected chi connectivity index (χ3v) is 1.73. The molecule has 0 unspecified atom stereocenters. The van der Waals surface area contributed by atoms with Crippen molar-refractivity contribution < 1.29 is 9.90 Å². The van der Waals surface area contributed by atoms with Gasteiger partial charge in [0, 0.05) is 0 Å². The minimum Gasteiger partial charge on any atom is -0.478 e. The number of benzene rings is 1. The zero-order chi connectivity index (χ0) is 9.14. The summed E-state index contributed by atoms with van der Waals surface area (Å²) in [6.07, 6.45) is 1.63. The Kier molecular flexibility index (Phi) is 2.29. The quantitative estimate of drug-likeness (QED) is 0.724. The van der Waals surface area contributed by atoms with Crippen molar-refractivity contribution in [3.05, 3.63) is 41.5 Å². The standard InChI is InChI=1S/C10H10O2/c1-3-8-5-4-7(2)9(6-8)10(11)12/h3-6H,1H2,2H3,(H,11,12). The molecule has 12 heavy (non-hydrogen) atoms. The van der Waals surface area contributed by atoms with Crippen molar-refractivity contribution in [2.24, 2.45) is 0 Å². The van der Waals surface area contributed by atoms with Gasteiger partial charge in [0.2, 0.25) is 0 Å². The molecule has 2 heteroatoms. The van der Waals surface area contributed by atoms with Crippen LogP contribution < -0.4 is 0 Å². The van der Waals surface area contributed by atoms with Gasteiger partial charge in [0.1, 0.15) is 0 Å². The van der Waals surface area contributed by atoms with Crippen LogP contribution in [-0.2, 0) is 0 Å². The number of carbonyl (C=O) groups is 1. The van der Waals surface area contributed by atoms with Crippen molar-refractivity contribution in [2.75, 3.05) is 0 Å². The fourth-order valence-electron chi connectivity index (χ4n) is 0.997. The smallest absolute Gasteiger partial charge is 0.335 e. The molecule has 0 atom stereocenters. The van der Waals surface area contributed by atoms with E-state index in [1.165, 1.54) is 0 Å². The summed E-state index contributed by atoms with van der Waals surface area (Å²) in [5.74, 6) is -0.892. The third-order valence-electron chi connectivity index (χ3n) is 1.73. The number of aryl methyl sites for hydroxylation is 1. The van der Waals surface area contributed by atoms with Crippen molar-refractivity contribution in [2.45, 2.75) is 6.92 Å². The van der Waals surface area contributed by atoms with Crippen molar-refractivity contribution in [3.8, 4) is 0 Å².